The average molecular weight is 291 g/mol. The molecule has 0 unspecified atom stereocenters. The molecule has 0 aliphatic carbocycles. The SMILES string of the molecule is COC(=O)c1cncc(NCCn2cnc(C(=O)O)c2)n1. The average Bonchev–Trinajstić information content (AvgIpc) is 2.96. The van der Waals surface area contributed by atoms with E-state index >= 15 is 0 Å². The number of imidazole rings is 1. The Labute approximate surface area is 119 Å². The lowest BCUT2D eigenvalue weighted by Crippen LogP contribution is -2.12. The molecule has 0 saturated carbocycles. The number of aromatic nitrogens is 4. The molecule has 2 aromatic heterocycles. The third-order valence-electron chi connectivity index (χ3n) is 2.56. The Balaban J connectivity index is 1.91. The highest BCUT2D eigenvalue weighted by Gasteiger charge is 2.09. The van der Waals surface area contributed by atoms with Gasteiger partial charge in [0.25, 0.3) is 0 Å². The third-order valence-corrected chi connectivity index (χ3v) is 2.56. The van der Waals surface area contributed by atoms with Gasteiger partial charge >= 0.3 is 11.9 Å². The smallest absolute Gasteiger partial charge is 0.358 e. The van der Waals surface area contributed by atoms with Gasteiger partial charge in [0.2, 0.25) is 0 Å². The summed E-state index contributed by atoms with van der Waals surface area (Å²) in [7, 11) is 1.27. The minimum absolute atomic E-state index is 0.0116. The molecule has 21 heavy (non-hydrogen) atoms. The van der Waals surface area contributed by atoms with Crippen LogP contribution < -0.4 is 5.32 Å². The number of carboxylic acid groups (broad SMARTS) is 1. The summed E-state index contributed by atoms with van der Waals surface area (Å²) in [4.78, 5) is 33.7. The van der Waals surface area contributed by atoms with E-state index in [2.05, 4.69) is 25.0 Å². The van der Waals surface area contributed by atoms with Gasteiger partial charge in [0.15, 0.2) is 11.4 Å². The molecule has 0 atom stereocenters. The molecule has 2 N–H and O–H groups in total. The maximum absolute atomic E-state index is 11.3. The largest absolute Gasteiger partial charge is 0.476 e. The number of nitrogens with one attached hydrogen (secondary N) is 1. The fourth-order valence-electron chi connectivity index (χ4n) is 1.56. The summed E-state index contributed by atoms with van der Waals surface area (Å²) in [6, 6.07) is 0. The molecular formula is C12H13N5O4. The Morgan fingerprint density at radius 2 is 2.19 bits per heavy atom. The van der Waals surface area contributed by atoms with Crippen LogP contribution in [0.2, 0.25) is 0 Å². The van der Waals surface area contributed by atoms with Gasteiger partial charge in [-0.3, -0.25) is 4.98 Å². The standard InChI is InChI=1S/C12H13N5O4/c1-21-12(20)8-4-13-5-10(16-8)14-2-3-17-6-9(11(18)19)15-7-17/h4-7H,2-3H2,1H3,(H,14,16)(H,18,19). The van der Waals surface area contributed by atoms with Crippen molar-refractivity contribution in [1.29, 1.82) is 0 Å². The van der Waals surface area contributed by atoms with Gasteiger partial charge in [0.05, 0.1) is 25.8 Å². The van der Waals surface area contributed by atoms with Crippen LogP contribution in [-0.2, 0) is 11.3 Å². The molecule has 0 amide bonds. The Morgan fingerprint density at radius 1 is 1.38 bits per heavy atom. The number of carbonyl (C=O) groups is 2. The maximum Gasteiger partial charge on any atom is 0.358 e. The zero-order valence-corrected chi connectivity index (χ0v) is 11.2. The maximum atomic E-state index is 11.3. The molecule has 0 saturated heterocycles. The summed E-state index contributed by atoms with van der Waals surface area (Å²) in [6.07, 6.45) is 5.65. The molecule has 9 heteroatoms. The zero-order chi connectivity index (χ0) is 15.2. The molecule has 0 aliphatic rings. The number of methoxy groups -OCH3 is 1. The predicted molar refractivity (Wildman–Crippen MR) is 71.0 cm³/mol. The molecule has 0 aliphatic heterocycles. The molecule has 0 bridgehead atoms. The first-order chi connectivity index (χ1) is 10.1. The van der Waals surface area contributed by atoms with Crippen LogP contribution in [0.5, 0.6) is 0 Å². The van der Waals surface area contributed by atoms with Crippen molar-refractivity contribution in [3.05, 3.63) is 36.3 Å². The highest BCUT2D eigenvalue weighted by atomic mass is 16.5. The number of hydrogen-bond donors (Lipinski definition) is 2. The highest BCUT2D eigenvalue weighted by Crippen LogP contribution is 2.03. The summed E-state index contributed by atoms with van der Waals surface area (Å²) < 4.78 is 6.19. The molecule has 0 fully saturated rings. The second kappa shape index (κ2) is 6.46. The van der Waals surface area contributed by atoms with E-state index in [1.807, 2.05) is 0 Å². The number of ether oxygens (including phenoxy) is 1. The number of carboxylic acids is 1. The first kappa shape index (κ1) is 14.4. The fraction of sp³-hybridized carbons (Fsp3) is 0.250. The highest BCUT2D eigenvalue weighted by molar-refractivity contribution is 5.87. The summed E-state index contributed by atoms with van der Waals surface area (Å²) in [5, 5.41) is 11.7. The van der Waals surface area contributed by atoms with Crippen LogP contribution in [-0.4, -0.2) is 50.2 Å². The topological polar surface area (TPSA) is 119 Å². The minimum atomic E-state index is -1.07. The van der Waals surface area contributed by atoms with E-state index in [0.29, 0.717) is 18.9 Å². The van der Waals surface area contributed by atoms with E-state index in [1.54, 1.807) is 4.57 Å². The van der Waals surface area contributed by atoms with Crippen LogP contribution in [0.4, 0.5) is 5.82 Å². The first-order valence-corrected chi connectivity index (χ1v) is 5.99. The lowest BCUT2D eigenvalue weighted by atomic mass is 10.4. The van der Waals surface area contributed by atoms with E-state index in [-0.39, 0.29) is 11.4 Å². The van der Waals surface area contributed by atoms with E-state index in [0.717, 1.165) is 0 Å². The molecule has 0 spiro atoms. The van der Waals surface area contributed by atoms with Gasteiger partial charge in [0, 0.05) is 19.3 Å². The van der Waals surface area contributed by atoms with Gasteiger partial charge in [-0.1, -0.05) is 0 Å². The van der Waals surface area contributed by atoms with Crippen LogP contribution >= 0.6 is 0 Å². The zero-order valence-electron chi connectivity index (χ0n) is 11.2. The van der Waals surface area contributed by atoms with Crippen molar-refractivity contribution in [3.8, 4) is 0 Å². The van der Waals surface area contributed by atoms with Crippen LogP contribution in [0.15, 0.2) is 24.9 Å². The van der Waals surface area contributed by atoms with Crippen molar-refractivity contribution in [3.63, 3.8) is 0 Å². The number of hydrogen-bond acceptors (Lipinski definition) is 7. The lowest BCUT2D eigenvalue weighted by molar-refractivity contribution is 0.0592. The molecule has 110 valence electrons. The van der Waals surface area contributed by atoms with Gasteiger partial charge in [-0.2, -0.15) is 0 Å². The molecule has 9 nitrogen and oxygen atoms in total. The second-order valence-electron chi connectivity index (χ2n) is 4.01. The van der Waals surface area contributed by atoms with E-state index in [1.165, 1.54) is 32.0 Å². The van der Waals surface area contributed by atoms with Gasteiger partial charge in [-0.25, -0.2) is 19.6 Å². The van der Waals surface area contributed by atoms with Crippen LogP contribution in [0.1, 0.15) is 21.0 Å². The van der Waals surface area contributed by atoms with E-state index in [9.17, 15) is 9.59 Å². The number of anilines is 1. The number of nitrogens with zero attached hydrogens (tertiary/aromatic N) is 4. The first-order valence-electron chi connectivity index (χ1n) is 5.99. The van der Waals surface area contributed by atoms with Crippen molar-refractivity contribution in [2.24, 2.45) is 0 Å². The lowest BCUT2D eigenvalue weighted by Gasteiger charge is -2.06. The van der Waals surface area contributed by atoms with Gasteiger partial charge < -0.3 is 19.7 Å². The van der Waals surface area contributed by atoms with Crippen LogP contribution in [0.25, 0.3) is 0 Å². The Morgan fingerprint density at radius 3 is 2.86 bits per heavy atom. The molecule has 2 heterocycles. The van der Waals surface area contributed by atoms with Crippen molar-refractivity contribution in [2.75, 3.05) is 19.0 Å². The minimum Gasteiger partial charge on any atom is -0.476 e. The van der Waals surface area contributed by atoms with E-state index < -0.39 is 11.9 Å². The Bertz CT molecular complexity index is 655. The number of rotatable bonds is 6. The predicted octanol–water partition coefficient (Wildman–Crippen LogP) is 0.270. The van der Waals surface area contributed by atoms with Crippen LogP contribution in [0.3, 0.4) is 0 Å². The summed E-state index contributed by atoms with van der Waals surface area (Å²) in [5.74, 6) is -1.21. The van der Waals surface area contributed by atoms with Crippen molar-refractivity contribution >= 4 is 17.8 Å². The molecule has 0 radical (unpaired) electrons. The normalized spacial score (nSPS) is 10.1. The quantitative estimate of drug-likeness (QED) is 0.728. The Kier molecular flexibility index (Phi) is 4.44. The van der Waals surface area contributed by atoms with E-state index in [4.69, 9.17) is 5.11 Å². The van der Waals surface area contributed by atoms with Crippen molar-refractivity contribution in [1.82, 2.24) is 19.5 Å². The van der Waals surface area contributed by atoms with Crippen molar-refractivity contribution < 1.29 is 19.4 Å². The van der Waals surface area contributed by atoms with Gasteiger partial charge in [-0.15, -0.1) is 0 Å². The van der Waals surface area contributed by atoms with Gasteiger partial charge in [-0.05, 0) is 0 Å². The molecule has 0 aromatic carbocycles. The van der Waals surface area contributed by atoms with Gasteiger partial charge in [0.1, 0.15) is 5.82 Å². The third kappa shape index (κ3) is 3.75. The molecule has 2 aromatic rings. The summed E-state index contributed by atoms with van der Waals surface area (Å²) in [5.41, 5.74) is 0.0979. The number of esters is 1. The van der Waals surface area contributed by atoms with Crippen LogP contribution in [0, 0.1) is 0 Å². The summed E-state index contributed by atoms with van der Waals surface area (Å²) in [6.45, 7) is 0.957. The number of carbonyl (C=O) groups excluding carboxylic acids is 1. The number of aromatic carboxylic acids is 1. The molecule has 2 rings (SSSR count). The Hall–Kier alpha value is -2.97. The fourth-order valence-corrected chi connectivity index (χ4v) is 1.56. The summed E-state index contributed by atoms with van der Waals surface area (Å²) >= 11 is 0. The van der Waals surface area contributed by atoms with Crippen molar-refractivity contribution in [2.45, 2.75) is 6.54 Å². The molecular weight excluding hydrogens is 278 g/mol. The monoisotopic (exact) mass is 291 g/mol. The second-order valence-corrected chi connectivity index (χ2v) is 4.01.